The highest BCUT2D eigenvalue weighted by atomic mass is 16.5. The van der Waals surface area contributed by atoms with Gasteiger partial charge < -0.3 is 122 Å². The van der Waals surface area contributed by atoms with Gasteiger partial charge in [0.1, 0.15) is 72.6 Å². The molecule has 4 rings (SSSR count). The number of benzene rings is 2. The van der Waals surface area contributed by atoms with Gasteiger partial charge in [0, 0.05) is 47.6 Å². The number of ether oxygens (including phenoxy) is 1. The zero-order valence-electron chi connectivity index (χ0n) is 64.5. The summed E-state index contributed by atoms with van der Waals surface area (Å²) in [6, 6.07) is -10.5. The first kappa shape index (κ1) is 95.7. The Morgan fingerprint density at radius 2 is 1.09 bits per heavy atom. The average molecular weight is 1630 g/mol. The van der Waals surface area contributed by atoms with Gasteiger partial charge in [-0.1, -0.05) is 83.2 Å². The number of unbranched alkanes of at least 4 members (excludes halogenated alkanes) is 4. The van der Waals surface area contributed by atoms with Crippen molar-refractivity contribution in [1.82, 2.24) is 74.1 Å². The SMILES string of the molecule is CC(C)CCCCCCCC(=O)N[C@@H](Cc1c[nH]c2ccccc12)C(=O)N[C@H](CC(N)=O)C(=O)N[C@@H](CC(=O)O)C(=O)N[C@@H]1C(=O)NCC(=O)N[C@@H](CCCN)C(=O)N[C@@H](CC(=O)O)C(=O)N[C@H](C)C(=O)N[C@@H](CC(=O)O)C(=O)NCC(=O)N[C@H](CO)C(=O)N[C@@H]([C@H](C)CC(=O)O)C(=O)N[C@@H](CC(=O)c2ccccc2N)C(=O)O[C@@H]1C. The number of fused-ring (bicyclic) bond motifs is 1. The summed E-state index contributed by atoms with van der Waals surface area (Å²) in [5.41, 5.74) is 18.1. The van der Waals surface area contributed by atoms with Crippen molar-refractivity contribution in [3.8, 4) is 0 Å². The quantitative estimate of drug-likeness (QED) is 0.0113. The minimum atomic E-state index is -2.45. The Morgan fingerprint density at radius 3 is 1.69 bits per heavy atom. The summed E-state index contributed by atoms with van der Waals surface area (Å²) < 4.78 is 5.68. The minimum absolute atomic E-state index is 0.0222. The lowest BCUT2D eigenvalue weighted by Crippen LogP contribution is -2.62. The van der Waals surface area contributed by atoms with E-state index in [0.29, 0.717) is 35.2 Å². The number of nitrogen functional groups attached to an aromatic ring is 1. The summed E-state index contributed by atoms with van der Waals surface area (Å²) in [6.45, 7) is 3.26. The monoisotopic (exact) mass is 1630 g/mol. The van der Waals surface area contributed by atoms with Gasteiger partial charge in [0.05, 0.1) is 51.8 Å². The predicted molar refractivity (Wildman–Crippen MR) is 405 cm³/mol. The molecular formula is C73H103N17O26. The van der Waals surface area contributed by atoms with E-state index in [4.69, 9.17) is 21.9 Å². The zero-order valence-corrected chi connectivity index (χ0v) is 64.5. The van der Waals surface area contributed by atoms with Crippen LogP contribution in [-0.4, -0.2) is 248 Å². The number of carboxylic acid groups (broad SMARTS) is 4. The van der Waals surface area contributed by atoms with Crippen LogP contribution in [0.3, 0.4) is 0 Å². The van der Waals surface area contributed by atoms with Gasteiger partial charge in [-0.2, -0.15) is 0 Å². The minimum Gasteiger partial charge on any atom is -0.481 e. The number of aliphatic hydroxyl groups is 1. The van der Waals surface area contributed by atoms with E-state index in [-0.39, 0.29) is 37.1 Å². The fourth-order valence-electron chi connectivity index (χ4n) is 11.9. The smallest absolute Gasteiger partial charge is 0.329 e. The molecule has 1 saturated heterocycles. The number of anilines is 1. The molecule has 14 amide bonds. The van der Waals surface area contributed by atoms with Crippen LogP contribution < -0.4 is 86.3 Å². The molecule has 1 aliphatic rings. The number of cyclic esters (lactones) is 1. The van der Waals surface area contributed by atoms with Gasteiger partial charge in [0.15, 0.2) is 5.78 Å². The molecule has 0 aliphatic carbocycles. The Hall–Kier alpha value is -12.7. The molecule has 1 aromatic heterocycles. The molecule has 0 unspecified atom stereocenters. The number of aromatic nitrogens is 1. The summed E-state index contributed by atoms with van der Waals surface area (Å²) >= 11 is 0. The first-order valence-corrected chi connectivity index (χ1v) is 37.2. The highest BCUT2D eigenvalue weighted by Gasteiger charge is 2.41. The van der Waals surface area contributed by atoms with E-state index in [1.807, 2.05) is 16.0 Å². The summed E-state index contributed by atoms with van der Waals surface area (Å²) in [6.07, 6.45) is -3.41. The largest absolute Gasteiger partial charge is 0.481 e. The molecule has 0 spiro atoms. The van der Waals surface area contributed by atoms with Gasteiger partial charge in [-0.15, -0.1) is 0 Å². The van der Waals surface area contributed by atoms with Gasteiger partial charge in [-0.3, -0.25) is 91.1 Å². The normalized spacial score (nSPS) is 21.2. The lowest BCUT2D eigenvalue weighted by Gasteiger charge is -2.30. The Morgan fingerprint density at radius 1 is 0.543 bits per heavy atom. The number of aliphatic carboxylic acids is 4. The lowest BCUT2D eigenvalue weighted by molar-refractivity contribution is -0.156. The van der Waals surface area contributed by atoms with Crippen LogP contribution in [0.25, 0.3) is 10.9 Å². The van der Waals surface area contributed by atoms with E-state index >= 15 is 0 Å². The third-order valence-corrected chi connectivity index (χ3v) is 18.0. The molecule has 25 N–H and O–H groups in total. The molecular weight excluding hydrogens is 1530 g/mol. The van der Waals surface area contributed by atoms with Gasteiger partial charge in [0.25, 0.3) is 0 Å². The molecule has 2 heterocycles. The topological polar surface area (TPSA) is 702 Å². The molecule has 3 aromatic rings. The van der Waals surface area contributed by atoms with Crippen LogP contribution in [-0.2, 0) is 102 Å². The molecule has 0 saturated carbocycles. The van der Waals surface area contributed by atoms with Crippen molar-refractivity contribution < 1.29 is 126 Å². The van der Waals surface area contributed by atoms with Gasteiger partial charge in [0.2, 0.25) is 82.7 Å². The van der Waals surface area contributed by atoms with E-state index in [1.165, 1.54) is 24.3 Å². The number of nitrogens with two attached hydrogens (primary N) is 3. The summed E-state index contributed by atoms with van der Waals surface area (Å²) in [5, 5.41) is 78.7. The molecule has 43 heteroatoms. The van der Waals surface area contributed by atoms with Crippen molar-refractivity contribution in [1.29, 1.82) is 0 Å². The number of H-pyrrole nitrogens is 1. The number of nitrogens with one attached hydrogen (secondary N) is 14. The zero-order chi connectivity index (χ0) is 86.6. The Labute approximate surface area is 663 Å². The van der Waals surface area contributed by atoms with Crippen LogP contribution in [0.2, 0.25) is 0 Å². The highest BCUT2D eigenvalue weighted by Crippen LogP contribution is 2.22. The van der Waals surface area contributed by atoms with E-state index in [2.05, 4.69) is 72.0 Å². The first-order valence-electron chi connectivity index (χ1n) is 37.2. The van der Waals surface area contributed by atoms with E-state index in [9.17, 15) is 121 Å². The van der Waals surface area contributed by atoms with Crippen molar-refractivity contribution in [2.45, 2.75) is 210 Å². The summed E-state index contributed by atoms with van der Waals surface area (Å²) in [5.74, 6) is -29.2. The molecule has 1 fully saturated rings. The maximum Gasteiger partial charge on any atom is 0.329 e. The Balaban J connectivity index is 1.87. The number of rotatable bonds is 35. The molecule has 13 atom stereocenters. The molecule has 116 heavy (non-hydrogen) atoms. The van der Waals surface area contributed by atoms with Crippen LogP contribution in [0.4, 0.5) is 5.69 Å². The molecule has 636 valence electrons. The van der Waals surface area contributed by atoms with Gasteiger partial charge in [-0.25, -0.2) is 4.79 Å². The number of carbonyl (C=O) groups excluding carboxylic acids is 16. The Kier molecular flexibility index (Phi) is 39.4. The first-order chi connectivity index (χ1) is 54.7. The molecule has 2 aromatic carbocycles. The van der Waals surface area contributed by atoms with Crippen molar-refractivity contribution in [2.24, 2.45) is 23.3 Å². The third-order valence-electron chi connectivity index (χ3n) is 18.0. The number of Topliss-reactive ketones (excluding diaryl/α,β-unsaturated/α-hetero) is 1. The van der Waals surface area contributed by atoms with Crippen molar-refractivity contribution in [3.63, 3.8) is 0 Å². The average Bonchev–Trinajstić information content (AvgIpc) is 1.62. The fraction of sp³-hybridized carbons (Fsp3) is 0.534. The number of carboxylic acids is 4. The van der Waals surface area contributed by atoms with Crippen LogP contribution in [0.15, 0.2) is 54.7 Å². The van der Waals surface area contributed by atoms with Crippen LogP contribution in [0, 0.1) is 11.8 Å². The molecule has 43 nitrogen and oxygen atoms in total. The van der Waals surface area contributed by atoms with Crippen molar-refractivity contribution in [2.75, 3.05) is 32.0 Å². The number of aromatic amines is 1. The lowest BCUT2D eigenvalue weighted by atomic mass is 9.96. The van der Waals surface area contributed by atoms with E-state index in [0.717, 1.165) is 46.5 Å². The number of hydrogen-bond acceptors (Lipinski definition) is 24. The van der Waals surface area contributed by atoms with E-state index < -0.39 is 261 Å². The van der Waals surface area contributed by atoms with Crippen molar-refractivity contribution in [3.05, 3.63) is 65.9 Å². The van der Waals surface area contributed by atoms with Crippen LogP contribution in [0.5, 0.6) is 0 Å². The number of esters is 1. The second-order valence-electron chi connectivity index (χ2n) is 28.1. The molecule has 0 radical (unpaired) electrons. The number of para-hydroxylation sites is 2. The number of amides is 14. The molecule has 0 bridgehead atoms. The Bertz CT molecular complexity index is 4080. The maximum absolute atomic E-state index is 14.8. The fourth-order valence-corrected chi connectivity index (χ4v) is 11.9. The highest BCUT2D eigenvalue weighted by molar-refractivity contribution is 6.05. The maximum atomic E-state index is 14.8. The number of carbonyl (C=O) groups is 20. The second-order valence-corrected chi connectivity index (χ2v) is 28.1. The second kappa shape index (κ2) is 47.7. The third kappa shape index (κ3) is 32.8. The summed E-state index contributed by atoms with van der Waals surface area (Å²) in [4.78, 5) is 276. The summed E-state index contributed by atoms with van der Waals surface area (Å²) in [7, 11) is 0. The van der Waals surface area contributed by atoms with E-state index in [1.54, 1.807) is 30.5 Å². The van der Waals surface area contributed by atoms with Gasteiger partial charge >= 0.3 is 29.8 Å². The van der Waals surface area contributed by atoms with Crippen LogP contribution in [0.1, 0.15) is 147 Å². The van der Waals surface area contributed by atoms with Crippen LogP contribution >= 0.6 is 0 Å². The number of ketones is 1. The standard InChI is InChI=1S/C73H103N17O26/c1-35(2)16-9-7-6-8-10-22-54(94)82-45(25-39-31-77-43-20-14-12-17-40(39)43)67(109)85-46(27-53(76)93)68(110)87-49(30-60(103)104)69(111)90-62-38(5)116-73(115)50(26-52(92)41-18-11-13-19-42(41)75)88-72(114)61(36(3)24-57(97)98)89-70(112)51(34-91)83-56(96)32-78-64(106)47(28-58(99)100)84-63(105)37(4)80-66(108)48(29-59(101)102)86-65(107)44(21-15-23-74)81-55(95)33-79-71(62)113/h11-14,17-20,31,35-38,44-51,61-62,77,91H,6-10,15-16,21-30,32-34,74-75H2,1-5H3,(H2,76,93)(H,78,106)(H,79,113)(H,80,108)(H,81,95)(H,82,94)(H,83,96)(H,84,105)(H,85,109)(H,86,107)(H,87,110)(H,88,114)(H,89,112)(H,90,111)(H,97,98)(H,99,100)(H,101,102)(H,103,104)/t36-,37-,38-,44+,45+,46-,47+,48+,49+,50+,51-,61+,62+/m1/s1. The predicted octanol–water partition coefficient (Wildman–Crippen LogP) is -5.38. The van der Waals surface area contributed by atoms with Crippen molar-refractivity contribution >= 4 is 135 Å². The molecule has 1 aliphatic heterocycles. The number of hydrogen-bond donors (Lipinski definition) is 22. The number of primary amides is 1. The number of aliphatic hydroxyl groups excluding tert-OH is 1. The van der Waals surface area contributed by atoms with Gasteiger partial charge in [-0.05, 0) is 75.3 Å².